The molecule has 0 spiro atoms. The summed E-state index contributed by atoms with van der Waals surface area (Å²) < 4.78 is 0. The van der Waals surface area contributed by atoms with E-state index in [1.54, 1.807) is 31.2 Å². The molecule has 3 N–H and O–H groups in total. The van der Waals surface area contributed by atoms with Crippen LogP contribution in [0.3, 0.4) is 0 Å². The van der Waals surface area contributed by atoms with Gasteiger partial charge in [0.1, 0.15) is 10.7 Å². The maximum absolute atomic E-state index is 5.13. The number of aliphatic imine (C=N–C) groups is 1. The average Bonchev–Trinajstić information content (AvgIpc) is 2.63. The highest BCUT2D eigenvalue weighted by Crippen LogP contribution is 2.16. The highest BCUT2D eigenvalue weighted by molar-refractivity contribution is 8.14. The molecule has 128 valence electrons. The van der Waals surface area contributed by atoms with E-state index < -0.39 is 0 Å². The fourth-order valence-electron chi connectivity index (χ4n) is 1.80. The van der Waals surface area contributed by atoms with Crippen molar-refractivity contribution in [3.63, 3.8) is 0 Å². The van der Waals surface area contributed by atoms with Crippen LogP contribution in [0.15, 0.2) is 46.6 Å². The highest BCUT2D eigenvalue weighted by Gasteiger charge is 2.06. The normalized spacial score (nSPS) is 11.1. The van der Waals surface area contributed by atoms with Crippen molar-refractivity contribution >= 4 is 34.7 Å². The van der Waals surface area contributed by atoms with Crippen LogP contribution in [-0.4, -0.2) is 34.0 Å². The summed E-state index contributed by atoms with van der Waals surface area (Å²) in [5.41, 5.74) is 2.64. The van der Waals surface area contributed by atoms with Gasteiger partial charge in [0.05, 0.1) is 6.21 Å². The van der Waals surface area contributed by atoms with Gasteiger partial charge in [0.15, 0.2) is 0 Å². The van der Waals surface area contributed by atoms with E-state index in [1.165, 1.54) is 0 Å². The molecule has 0 saturated carbocycles. The molecule has 0 saturated heterocycles. The highest BCUT2D eigenvalue weighted by atomic mass is 32.2. The summed E-state index contributed by atoms with van der Waals surface area (Å²) >= 11 is 1.66. The van der Waals surface area contributed by atoms with Gasteiger partial charge in [-0.25, -0.2) is 9.97 Å². The van der Waals surface area contributed by atoms with E-state index in [0.29, 0.717) is 5.95 Å². The van der Waals surface area contributed by atoms with Crippen molar-refractivity contribution in [3.05, 3.63) is 47.8 Å². The lowest BCUT2D eigenvalue weighted by atomic mass is 10.2. The Hall–Kier alpha value is -2.41. The van der Waals surface area contributed by atoms with Gasteiger partial charge in [-0.1, -0.05) is 32.9 Å². The number of nitrogens with zero attached hydrogens (tertiary/aromatic N) is 4. The first-order valence-corrected chi connectivity index (χ1v) is 8.78. The Bertz CT molecular complexity index is 667. The molecule has 0 aliphatic heterocycles. The summed E-state index contributed by atoms with van der Waals surface area (Å²) in [4.78, 5) is 13.0. The van der Waals surface area contributed by atoms with Crippen LogP contribution in [0, 0.1) is 0 Å². The molecule has 0 aliphatic carbocycles. The fourth-order valence-corrected chi connectivity index (χ4v) is 2.46. The van der Waals surface area contributed by atoms with Crippen LogP contribution < -0.4 is 11.2 Å². The van der Waals surface area contributed by atoms with Crippen LogP contribution in [0.25, 0.3) is 0 Å². The summed E-state index contributed by atoms with van der Waals surface area (Å²) in [5.74, 6) is 6.61. The van der Waals surface area contributed by atoms with Gasteiger partial charge >= 0.3 is 0 Å². The van der Waals surface area contributed by atoms with Gasteiger partial charge in [-0.15, -0.1) is 11.8 Å². The second-order valence-electron chi connectivity index (χ2n) is 4.25. The van der Waals surface area contributed by atoms with E-state index in [0.717, 1.165) is 27.7 Å². The lowest BCUT2D eigenvalue weighted by Crippen LogP contribution is -2.04. The topological polar surface area (TPSA) is 88.5 Å². The second-order valence-corrected chi connectivity index (χ2v) is 5.51. The van der Waals surface area contributed by atoms with Crippen molar-refractivity contribution in [1.82, 2.24) is 9.97 Å². The summed E-state index contributed by atoms with van der Waals surface area (Å²) in [6, 6.07) is 9.52. The van der Waals surface area contributed by atoms with Crippen molar-refractivity contribution in [2.45, 2.75) is 20.8 Å². The Morgan fingerprint density at radius 1 is 1.25 bits per heavy atom. The number of aromatic nitrogens is 2. The zero-order valence-electron chi connectivity index (χ0n) is 14.5. The molecule has 1 heterocycles. The molecule has 6 nitrogen and oxygen atoms in total. The number of hydrogen-bond donors (Lipinski definition) is 2. The predicted octanol–water partition coefficient (Wildman–Crippen LogP) is 3.67. The van der Waals surface area contributed by atoms with E-state index >= 15 is 0 Å². The SMILES string of the molecule is CC.CCSC(=NC)c1ccnc(Nc2ccc(/C=N\N)cc2)n1. The van der Waals surface area contributed by atoms with Crippen LogP contribution in [0.1, 0.15) is 32.0 Å². The molecule has 0 amide bonds. The summed E-state index contributed by atoms with van der Waals surface area (Å²) in [7, 11) is 1.77. The number of nitrogens with two attached hydrogens (primary N) is 1. The molecule has 1 aromatic heterocycles. The summed E-state index contributed by atoms with van der Waals surface area (Å²) in [6.45, 7) is 6.09. The van der Waals surface area contributed by atoms with Crippen molar-refractivity contribution < 1.29 is 0 Å². The van der Waals surface area contributed by atoms with Crippen molar-refractivity contribution in [2.75, 3.05) is 18.1 Å². The molecule has 0 aliphatic rings. The molecule has 0 unspecified atom stereocenters. The van der Waals surface area contributed by atoms with Crippen LogP contribution in [0.5, 0.6) is 0 Å². The molecule has 24 heavy (non-hydrogen) atoms. The molecule has 0 bridgehead atoms. The number of hydrogen-bond acceptors (Lipinski definition) is 7. The third-order valence-corrected chi connectivity index (χ3v) is 3.70. The monoisotopic (exact) mass is 344 g/mol. The molecular weight excluding hydrogens is 320 g/mol. The first kappa shape index (κ1) is 19.6. The van der Waals surface area contributed by atoms with Gasteiger partial charge in [0, 0.05) is 18.9 Å². The van der Waals surface area contributed by atoms with Crippen molar-refractivity contribution in [1.29, 1.82) is 0 Å². The predicted molar refractivity (Wildman–Crippen MR) is 105 cm³/mol. The standard InChI is InChI=1S/C15H18N6S.C2H6/c1-3-22-14(17-2)13-8-9-18-15(21-13)20-12-6-4-11(5-7-12)10-19-16;1-2/h4-10H,3,16H2,1-2H3,(H,18,20,21);1-2H3/b17-14?,19-10-;. The third kappa shape index (κ3) is 6.00. The molecular formula is C17H24N6S. The zero-order valence-corrected chi connectivity index (χ0v) is 15.3. The van der Waals surface area contributed by atoms with Crippen LogP contribution in [-0.2, 0) is 0 Å². The number of anilines is 2. The van der Waals surface area contributed by atoms with Crippen LogP contribution in [0.2, 0.25) is 0 Å². The van der Waals surface area contributed by atoms with Crippen molar-refractivity contribution in [2.24, 2.45) is 15.9 Å². The Kier molecular flexibility index (Phi) is 9.14. The van der Waals surface area contributed by atoms with E-state index in [1.807, 2.05) is 44.2 Å². The van der Waals surface area contributed by atoms with E-state index in [9.17, 15) is 0 Å². The summed E-state index contributed by atoms with van der Waals surface area (Å²) in [5, 5.41) is 7.57. The van der Waals surface area contributed by atoms with Crippen LogP contribution in [0.4, 0.5) is 11.6 Å². The molecule has 1 aromatic carbocycles. The Balaban J connectivity index is 0.00000139. The van der Waals surface area contributed by atoms with E-state index in [4.69, 9.17) is 5.84 Å². The minimum absolute atomic E-state index is 0.538. The van der Waals surface area contributed by atoms with Gasteiger partial charge in [-0.2, -0.15) is 5.10 Å². The molecule has 2 aromatic rings. The lowest BCUT2D eigenvalue weighted by molar-refractivity contribution is 1.15. The Morgan fingerprint density at radius 2 is 1.96 bits per heavy atom. The zero-order chi connectivity index (χ0) is 17.8. The number of nitrogens with one attached hydrogen (secondary N) is 1. The minimum atomic E-state index is 0.538. The number of benzene rings is 1. The van der Waals surface area contributed by atoms with Crippen LogP contribution >= 0.6 is 11.8 Å². The quantitative estimate of drug-likeness (QED) is 0.374. The smallest absolute Gasteiger partial charge is 0.227 e. The maximum Gasteiger partial charge on any atom is 0.227 e. The van der Waals surface area contributed by atoms with Gasteiger partial charge in [-0.3, -0.25) is 4.99 Å². The maximum atomic E-state index is 5.13. The number of hydrazone groups is 1. The third-order valence-electron chi connectivity index (χ3n) is 2.75. The largest absolute Gasteiger partial charge is 0.324 e. The fraction of sp³-hybridized carbons (Fsp3) is 0.294. The second kappa shape index (κ2) is 11.2. The van der Waals surface area contributed by atoms with Gasteiger partial charge in [-0.05, 0) is 29.5 Å². The molecule has 2 rings (SSSR count). The van der Waals surface area contributed by atoms with Gasteiger partial charge < -0.3 is 11.2 Å². The molecule has 0 radical (unpaired) electrons. The minimum Gasteiger partial charge on any atom is -0.324 e. The molecule has 0 fully saturated rings. The molecule has 7 heteroatoms. The Morgan fingerprint density at radius 3 is 2.54 bits per heavy atom. The first-order chi connectivity index (χ1) is 11.8. The summed E-state index contributed by atoms with van der Waals surface area (Å²) in [6.07, 6.45) is 3.31. The molecule has 0 atom stereocenters. The first-order valence-electron chi connectivity index (χ1n) is 7.80. The average molecular weight is 344 g/mol. The van der Waals surface area contributed by atoms with Gasteiger partial charge in [0.25, 0.3) is 0 Å². The van der Waals surface area contributed by atoms with Crippen molar-refractivity contribution in [3.8, 4) is 0 Å². The Labute approximate surface area is 147 Å². The van der Waals surface area contributed by atoms with E-state index in [-0.39, 0.29) is 0 Å². The number of thioether (sulfide) groups is 1. The lowest BCUT2D eigenvalue weighted by Gasteiger charge is -2.07. The van der Waals surface area contributed by atoms with E-state index in [2.05, 4.69) is 32.3 Å². The number of rotatable bonds is 5. The van der Waals surface area contributed by atoms with Gasteiger partial charge in [0.2, 0.25) is 5.95 Å².